The average Bonchev–Trinajstić information content (AvgIpc) is 2.68. The Labute approximate surface area is 157 Å². The highest BCUT2D eigenvalue weighted by atomic mass is 19.1. The predicted octanol–water partition coefficient (Wildman–Crippen LogP) is 4.05. The Morgan fingerprint density at radius 1 is 1.00 bits per heavy atom. The van der Waals surface area contributed by atoms with E-state index < -0.39 is 23.4 Å². The van der Waals surface area contributed by atoms with E-state index in [-0.39, 0.29) is 11.7 Å². The van der Waals surface area contributed by atoms with Gasteiger partial charge in [-0.15, -0.1) is 0 Å². The second-order valence-corrected chi connectivity index (χ2v) is 6.75. The van der Waals surface area contributed by atoms with Crippen LogP contribution in [0.2, 0.25) is 0 Å². The molecule has 6 heteroatoms. The van der Waals surface area contributed by atoms with Gasteiger partial charge in [0.05, 0.1) is 11.7 Å². The largest absolute Gasteiger partial charge is 0.341 e. The normalized spacial score (nSPS) is 14.2. The van der Waals surface area contributed by atoms with Gasteiger partial charge in [-0.05, 0) is 60.9 Å². The van der Waals surface area contributed by atoms with E-state index in [1.165, 1.54) is 17.5 Å². The first kappa shape index (κ1) is 19.0. The molecule has 2 N–H and O–H groups in total. The molecule has 2 amide bonds. The Kier molecular flexibility index (Phi) is 5.84. The number of halogens is 2. The molecule has 1 aliphatic rings. The molecular formula is C21H22F2N2O2. The molecule has 142 valence electrons. The van der Waals surface area contributed by atoms with Crippen LogP contribution in [0.15, 0.2) is 36.4 Å². The topological polar surface area (TPSA) is 58.2 Å². The van der Waals surface area contributed by atoms with Gasteiger partial charge in [-0.2, -0.15) is 0 Å². The summed E-state index contributed by atoms with van der Waals surface area (Å²) >= 11 is 0. The molecule has 27 heavy (non-hydrogen) atoms. The highest BCUT2D eigenvalue weighted by Gasteiger charge is 2.21. The Bertz CT molecular complexity index is 867. The minimum absolute atomic E-state index is 0.326. The van der Waals surface area contributed by atoms with Crippen molar-refractivity contribution in [1.82, 2.24) is 5.32 Å². The molecule has 0 saturated heterocycles. The molecule has 0 radical (unpaired) electrons. The van der Waals surface area contributed by atoms with E-state index in [1.807, 2.05) is 13.0 Å². The van der Waals surface area contributed by atoms with Gasteiger partial charge in [-0.3, -0.25) is 9.59 Å². The van der Waals surface area contributed by atoms with Crippen molar-refractivity contribution in [1.29, 1.82) is 0 Å². The quantitative estimate of drug-likeness (QED) is 0.796. The maximum atomic E-state index is 13.6. The zero-order valence-electron chi connectivity index (χ0n) is 15.1. The van der Waals surface area contributed by atoms with Gasteiger partial charge in [0.2, 0.25) is 0 Å². The van der Waals surface area contributed by atoms with Crippen molar-refractivity contribution in [3.63, 3.8) is 0 Å². The number of nitrogens with one attached hydrogen (secondary N) is 2. The fourth-order valence-electron chi connectivity index (χ4n) is 3.39. The smallest absolute Gasteiger partial charge is 0.313 e. The first-order valence-corrected chi connectivity index (χ1v) is 9.16. The molecule has 0 aliphatic heterocycles. The zero-order valence-corrected chi connectivity index (χ0v) is 15.1. The van der Waals surface area contributed by atoms with Gasteiger partial charge in [0, 0.05) is 6.07 Å². The zero-order chi connectivity index (χ0) is 19.4. The summed E-state index contributed by atoms with van der Waals surface area (Å²) in [5, 5.41) is 4.79. The predicted molar refractivity (Wildman–Crippen MR) is 99.2 cm³/mol. The van der Waals surface area contributed by atoms with Crippen molar-refractivity contribution in [2.45, 2.75) is 45.1 Å². The van der Waals surface area contributed by atoms with E-state index in [0.29, 0.717) is 6.42 Å². The molecule has 3 rings (SSSR count). The number of rotatable bonds is 4. The van der Waals surface area contributed by atoms with Crippen LogP contribution >= 0.6 is 0 Å². The maximum Gasteiger partial charge on any atom is 0.313 e. The van der Waals surface area contributed by atoms with Gasteiger partial charge in [-0.25, -0.2) is 8.78 Å². The minimum atomic E-state index is -1.03. The molecule has 0 fully saturated rings. The number of fused-ring (bicyclic) bond motifs is 1. The molecule has 0 spiro atoms. The average molecular weight is 372 g/mol. The van der Waals surface area contributed by atoms with Gasteiger partial charge in [-0.1, -0.05) is 25.1 Å². The summed E-state index contributed by atoms with van der Waals surface area (Å²) in [7, 11) is 0. The van der Waals surface area contributed by atoms with Crippen molar-refractivity contribution >= 4 is 17.5 Å². The van der Waals surface area contributed by atoms with Crippen molar-refractivity contribution in [3.8, 4) is 0 Å². The summed E-state index contributed by atoms with van der Waals surface area (Å²) in [4.78, 5) is 24.3. The second-order valence-electron chi connectivity index (χ2n) is 6.75. The number of benzene rings is 2. The first-order valence-electron chi connectivity index (χ1n) is 9.16. The van der Waals surface area contributed by atoms with E-state index in [0.717, 1.165) is 43.0 Å². The van der Waals surface area contributed by atoms with Crippen LogP contribution < -0.4 is 10.6 Å². The SMILES string of the molecule is CCC(NC(=O)C(=O)Nc1cc(F)ccc1F)c1ccc2c(c1)CCCC2. The van der Waals surface area contributed by atoms with Crippen molar-refractivity contribution in [2.75, 3.05) is 5.32 Å². The number of anilines is 1. The Balaban J connectivity index is 1.69. The van der Waals surface area contributed by atoms with Crippen LogP contribution in [-0.2, 0) is 22.4 Å². The summed E-state index contributed by atoms with van der Waals surface area (Å²) in [6, 6.07) is 8.49. The first-order chi connectivity index (χ1) is 13.0. The molecule has 1 aliphatic carbocycles. The Hall–Kier alpha value is -2.76. The van der Waals surface area contributed by atoms with Crippen LogP contribution in [-0.4, -0.2) is 11.8 Å². The standard InChI is InChI=1S/C21H22F2N2O2/c1-2-18(15-8-7-13-5-3-4-6-14(13)11-15)24-20(26)21(27)25-19-12-16(22)9-10-17(19)23/h7-12,18H,2-6H2,1H3,(H,24,26)(H,25,27). The third-order valence-electron chi connectivity index (χ3n) is 4.87. The summed E-state index contributed by atoms with van der Waals surface area (Å²) in [5.41, 5.74) is 3.21. The van der Waals surface area contributed by atoms with Crippen molar-refractivity contribution in [2.24, 2.45) is 0 Å². The van der Waals surface area contributed by atoms with E-state index in [2.05, 4.69) is 22.8 Å². The molecule has 2 aromatic rings. The third-order valence-corrected chi connectivity index (χ3v) is 4.87. The number of carbonyl (C=O) groups excluding carboxylic acids is 2. The van der Waals surface area contributed by atoms with E-state index in [4.69, 9.17) is 0 Å². The third kappa shape index (κ3) is 4.51. The lowest BCUT2D eigenvalue weighted by Gasteiger charge is -2.21. The van der Waals surface area contributed by atoms with Crippen molar-refractivity contribution in [3.05, 3.63) is 64.7 Å². The van der Waals surface area contributed by atoms with Crippen LogP contribution in [0, 0.1) is 11.6 Å². The molecular weight excluding hydrogens is 350 g/mol. The fraction of sp³-hybridized carbons (Fsp3) is 0.333. The van der Waals surface area contributed by atoms with Gasteiger partial charge in [0.25, 0.3) is 0 Å². The van der Waals surface area contributed by atoms with Gasteiger partial charge >= 0.3 is 11.8 Å². The van der Waals surface area contributed by atoms with Crippen LogP contribution in [0.25, 0.3) is 0 Å². The number of hydrogen-bond donors (Lipinski definition) is 2. The molecule has 1 atom stereocenters. The van der Waals surface area contributed by atoms with E-state index in [9.17, 15) is 18.4 Å². The van der Waals surface area contributed by atoms with Crippen LogP contribution in [0.4, 0.5) is 14.5 Å². The number of carbonyl (C=O) groups is 2. The lowest BCUT2D eigenvalue weighted by atomic mass is 9.89. The van der Waals surface area contributed by atoms with Gasteiger partial charge in [0.15, 0.2) is 0 Å². The van der Waals surface area contributed by atoms with Crippen LogP contribution in [0.1, 0.15) is 48.9 Å². The highest BCUT2D eigenvalue weighted by Crippen LogP contribution is 2.26. The molecule has 4 nitrogen and oxygen atoms in total. The summed E-state index contributed by atoms with van der Waals surface area (Å²) in [6.45, 7) is 1.91. The molecule has 0 saturated carbocycles. The Morgan fingerprint density at radius 2 is 1.74 bits per heavy atom. The molecule has 2 aromatic carbocycles. The summed E-state index contributed by atoms with van der Waals surface area (Å²) in [5.74, 6) is -3.42. The maximum absolute atomic E-state index is 13.6. The number of amides is 2. The highest BCUT2D eigenvalue weighted by molar-refractivity contribution is 6.39. The van der Waals surface area contributed by atoms with Crippen molar-refractivity contribution < 1.29 is 18.4 Å². The van der Waals surface area contributed by atoms with Gasteiger partial charge in [0.1, 0.15) is 11.6 Å². The second kappa shape index (κ2) is 8.29. The van der Waals surface area contributed by atoms with Crippen LogP contribution in [0.3, 0.4) is 0 Å². The van der Waals surface area contributed by atoms with Crippen LogP contribution in [0.5, 0.6) is 0 Å². The van der Waals surface area contributed by atoms with E-state index >= 15 is 0 Å². The molecule has 0 aromatic heterocycles. The molecule has 0 bridgehead atoms. The van der Waals surface area contributed by atoms with Gasteiger partial charge < -0.3 is 10.6 Å². The summed E-state index contributed by atoms with van der Waals surface area (Å²) in [6.07, 6.45) is 5.04. The fourth-order valence-corrected chi connectivity index (χ4v) is 3.39. The molecule has 0 heterocycles. The molecule has 1 unspecified atom stereocenters. The minimum Gasteiger partial charge on any atom is -0.341 e. The lowest BCUT2D eigenvalue weighted by Crippen LogP contribution is -2.37. The number of aryl methyl sites for hydroxylation is 2. The Morgan fingerprint density at radius 3 is 2.48 bits per heavy atom. The number of hydrogen-bond acceptors (Lipinski definition) is 2. The van der Waals surface area contributed by atoms with E-state index in [1.54, 1.807) is 0 Å². The lowest BCUT2D eigenvalue weighted by molar-refractivity contribution is -0.136. The monoisotopic (exact) mass is 372 g/mol. The summed E-state index contributed by atoms with van der Waals surface area (Å²) < 4.78 is 26.8.